The van der Waals surface area contributed by atoms with Crippen molar-refractivity contribution in [3.8, 4) is 5.75 Å². The number of urea groups is 1. The fraction of sp³-hybridized carbons (Fsp3) is 0.158. The fourth-order valence-electron chi connectivity index (χ4n) is 3.50. The van der Waals surface area contributed by atoms with Gasteiger partial charge >= 0.3 is 6.03 Å². The third-order valence-electron chi connectivity index (χ3n) is 4.92. The summed E-state index contributed by atoms with van der Waals surface area (Å²) >= 11 is 0. The van der Waals surface area contributed by atoms with Gasteiger partial charge in [0.15, 0.2) is 0 Å². The normalized spacial score (nSPS) is 19.0. The van der Waals surface area contributed by atoms with E-state index < -0.39 is 17.0 Å². The molecule has 28 heavy (non-hydrogen) atoms. The van der Waals surface area contributed by atoms with Gasteiger partial charge in [-0.3, -0.25) is 19.8 Å². The van der Waals surface area contributed by atoms with E-state index in [1.54, 1.807) is 25.2 Å². The number of nitro groups is 1. The van der Waals surface area contributed by atoms with Crippen LogP contribution in [0.15, 0.2) is 59.8 Å². The van der Waals surface area contributed by atoms with Crippen molar-refractivity contribution >= 4 is 23.3 Å². The Morgan fingerprint density at radius 2 is 1.93 bits per heavy atom. The molecule has 0 aromatic heterocycles. The highest BCUT2D eigenvalue weighted by Gasteiger charge is 2.43. The molecule has 142 valence electrons. The van der Waals surface area contributed by atoms with Gasteiger partial charge in [-0.25, -0.2) is 4.79 Å². The number of phenols is 1. The zero-order valence-corrected chi connectivity index (χ0v) is 14.8. The smallest absolute Gasteiger partial charge is 0.322 e. The number of aromatic hydroxyl groups is 1. The molecular weight excluding hydrogens is 364 g/mol. The molecule has 2 aliphatic heterocycles. The van der Waals surface area contributed by atoms with Crippen molar-refractivity contribution in [2.45, 2.75) is 6.04 Å². The van der Waals surface area contributed by atoms with E-state index in [-0.39, 0.29) is 23.9 Å². The second kappa shape index (κ2) is 6.38. The first-order valence-corrected chi connectivity index (χ1v) is 8.49. The van der Waals surface area contributed by atoms with Crippen LogP contribution >= 0.6 is 0 Å². The Morgan fingerprint density at radius 3 is 2.64 bits per heavy atom. The van der Waals surface area contributed by atoms with Crippen LogP contribution in [-0.2, 0) is 4.79 Å². The van der Waals surface area contributed by atoms with Crippen LogP contribution in [-0.4, -0.2) is 40.5 Å². The van der Waals surface area contributed by atoms with E-state index >= 15 is 0 Å². The Kier molecular flexibility index (Phi) is 3.99. The van der Waals surface area contributed by atoms with E-state index in [0.29, 0.717) is 22.5 Å². The average molecular weight is 380 g/mol. The number of benzene rings is 2. The summed E-state index contributed by atoms with van der Waals surface area (Å²) in [7, 11) is 1.56. The molecule has 0 unspecified atom stereocenters. The van der Waals surface area contributed by atoms with E-state index in [4.69, 9.17) is 0 Å². The lowest BCUT2D eigenvalue weighted by molar-refractivity contribution is -0.384. The van der Waals surface area contributed by atoms with Gasteiger partial charge in [0.1, 0.15) is 5.75 Å². The number of hydrogen-bond donors (Lipinski definition) is 2. The molecule has 2 aromatic carbocycles. The second-order valence-corrected chi connectivity index (χ2v) is 6.57. The van der Waals surface area contributed by atoms with Crippen molar-refractivity contribution < 1.29 is 19.6 Å². The fourth-order valence-corrected chi connectivity index (χ4v) is 3.50. The number of carbonyl (C=O) groups is 2. The minimum absolute atomic E-state index is 0.0213. The monoisotopic (exact) mass is 380 g/mol. The molecule has 0 aliphatic carbocycles. The Balaban J connectivity index is 1.78. The molecule has 2 N–H and O–H groups in total. The minimum Gasteiger partial charge on any atom is -0.508 e. The summed E-state index contributed by atoms with van der Waals surface area (Å²) in [6, 6.07) is 10.9. The number of amides is 3. The molecule has 0 bridgehead atoms. The van der Waals surface area contributed by atoms with Crippen molar-refractivity contribution in [1.82, 2.24) is 10.2 Å². The van der Waals surface area contributed by atoms with Gasteiger partial charge < -0.3 is 15.3 Å². The van der Waals surface area contributed by atoms with Gasteiger partial charge in [0, 0.05) is 30.9 Å². The number of phenolic OH excluding ortho intramolecular Hbond substituents is 1. The third kappa shape index (κ3) is 2.73. The highest BCUT2D eigenvalue weighted by molar-refractivity contribution is 6.11. The minimum atomic E-state index is -0.798. The summed E-state index contributed by atoms with van der Waals surface area (Å²) in [5.74, 6) is -0.308. The molecule has 9 nitrogen and oxygen atoms in total. The van der Waals surface area contributed by atoms with Crippen LogP contribution in [0.25, 0.3) is 0 Å². The SMILES string of the molecule is CN1C(=O)N[C@H](c2cccc([N+](=O)[O-])c2)C2=C1CN(c1cccc(O)c1)C2=O. The van der Waals surface area contributed by atoms with Crippen molar-refractivity contribution in [2.24, 2.45) is 0 Å². The van der Waals surface area contributed by atoms with Gasteiger partial charge in [-0.05, 0) is 17.7 Å². The molecule has 9 heteroatoms. The number of non-ortho nitro benzene ring substituents is 1. The van der Waals surface area contributed by atoms with Crippen LogP contribution < -0.4 is 10.2 Å². The molecule has 0 fully saturated rings. The molecule has 0 saturated heterocycles. The standard InChI is InChI=1S/C19H16N4O5/c1-21-15-10-22(12-5-3-7-14(24)9-12)18(25)16(15)17(20-19(21)26)11-4-2-6-13(8-11)23(27)28/h2-9,17,24H,10H2,1H3,(H,20,26)/t17-/m1/s1. The molecule has 2 aromatic rings. The Hall–Kier alpha value is -3.88. The number of nitrogens with one attached hydrogen (secondary N) is 1. The van der Waals surface area contributed by atoms with E-state index in [1.165, 1.54) is 40.1 Å². The number of nitro benzene ring substituents is 1. The first-order valence-electron chi connectivity index (χ1n) is 8.49. The second-order valence-electron chi connectivity index (χ2n) is 6.57. The van der Waals surface area contributed by atoms with Gasteiger partial charge in [0.2, 0.25) is 0 Å². The van der Waals surface area contributed by atoms with Crippen molar-refractivity contribution in [3.05, 3.63) is 75.5 Å². The highest BCUT2D eigenvalue weighted by Crippen LogP contribution is 2.38. The maximum absolute atomic E-state index is 13.2. The molecular formula is C19H16N4O5. The summed E-state index contributed by atoms with van der Waals surface area (Å²) in [5, 5.41) is 23.6. The van der Waals surface area contributed by atoms with Crippen molar-refractivity contribution in [2.75, 3.05) is 18.5 Å². The number of nitrogens with zero attached hydrogens (tertiary/aromatic N) is 3. The van der Waals surface area contributed by atoms with E-state index in [2.05, 4.69) is 5.32 Å². The summed E-state index contributed by atoms with van der Waals surface area (Å²) in [6.45, 7) is 0.160. The van der Waals surface area contributed by atoms with Crippen molar-refractivity contribution in [1.29, 1.82) is 0 Å². The van der Waals surface area contributed by atoms with Crippen LogP contribution in [0.5, 0.6) is 5.75 Å². The summed E-state index contributed by atoms with van der Waals surface area (Å²) in [6.07, 6.45) is 0. The van der Waals surface area contributed by atoms with Crippen LogP contribution in [0.1, 0.15) is 11.6 Å². The number of rotatable bonds is 3. The Labute approximate surface area is 159 Å². The van der Waals surface area contributed by atoms with Gasteiger partial charge in [0.05, 0.1) is 28.8 Å². The lowest BCUT2D eigenvalue weighted by Gasteiger charge is -2.30. The lowest BCUT2D eigenvalue weighted by atomic mass is 9.95. The summed E-state index contributed by atoms with van der Waals surface area (Å²) in [4.78, 5) is 39.0. The first kappa shape index (κ1) is 17.5. The molecule has 4 rings (SSSR count). The maximum Gasteiger partial charge on any atom is 0.322 e. The molecule has 0 spiro atoms. The van der Waals surface area contributed by atoms with Gasteiger partial charge in [-0.2, -0.15) is 0 Å². The predicted octanol–water partition coefficient (Wildman–Crippen LogP) is 2.30. The molecule has 3 amide bonds. The summed E-state index contributed by atoms with van der Waals surface area (Å²) < 4.78 is 0. The number of likely N-dealkylation sites (N-methyl/N-ethyl adjacent to an activating group) is 1. The van der Waals surface area contributed by atoms with Gasteiger partial charge in [-0.1, -0.05) is 18.2 Å². The Bertz CT molecular complexity index is 1050. The molecule has 0 radical (unpaired) electrons. The molecule has 0 saturated carbocycles. The predicted molar refractivity (Wildman–Crippen MR) is 99.6 cm³/mol. The average Bonchev–Trinajstić information content (AvgIpc) is 3.02. The topological polar surface area (TPSA) is 116 Å². The Morgan fingerprint density at radius 1 is 1.18 bits per heavy atom. The number of carbonyl (C=O) groups excluding carboxylic acids is 2. The number of hydrogen-bond acceptors (Lipinski definition) is 5. The van der Waals surface area contributed by atoms with Crippen molar-refractivity contribution in [3.63, 3.8) is 0 Å². The first-order chi connectivity index (χ1) is 13.4. The van der Waals surface area contributed by atoms with Crippen LogP contribution in [0.3, 0.4) is 0 Å². The van der Waals surface area contributed by atoms with E-state index in [0.717, 1.165) is 0 Å². The maximum atomic E-state index is 13.2. The largest absolute Gasteiger partial charge is 0.508 e. The van der Waals surface area contributed by atoms with Crippen LogP contribution in [0, 0.1) is 10.1 Å². The van der Waals surface area contributed by atoms with Crippen LogP contribution in [0.4, 0.5) is 16.2 Å². The summed E-state index contributed by atoms with van der Waals surface area (Å²) in [5.41, 5.74) is 1.70. The number of anilines is 1. The highest BCUT2D eigenvalue weighted by atomic mass is 16.6. The van der Waals surface area contributed by atoms with E-state index in [1.807, 2.05) is 0 Å². The molecule has 1 atom stereocenters. The zero-order valence-electron chi connectivity index (χ0n) is 14.8. The zero-order chi connectivity index (χ0) is 20.0. The van der Waals surface area contributed by atoms with E-state index in [9.17, 15) is 24.8 Å². The van der Waals surface area contributed by atoms with Gasteiger partial charge in [-0.15, -0.1) is 0 Å². The lowest BCUT2D eigenvalue weighted by Crippen LogP contribution is -2.45. The molecule has 2 aliphatic rings. The third-order valence-corrected chi connectivity index (χ3v) is 4.92. The quantitative estimate of drug-likeness (QED) is 0.626. The molecule has 2 heterocycles. The van der Waals surface area contributed by atoms with Gasteiger partial charge in [0.25, 0.3) is 11.6 Å². The van der Waals surface area contributed by atoms with Crippen LogP contribution in [0.2, 0.25) is 0 Å².